The molecule has 0 unspecified atom stereocenters. The summed E-state index contributed by atoms with van der Waals surface area (Å²) in [7, 11) is 0. The Morgan fingerprint density at radius 2 is 1.71 bits per heavy atom. The van der Waals surface area contributed by atoms with Crippen molar-refractivity contribution in [2.45, 2.75) is 22.0 Å². The number of carbonyl (C=O) groups is 1. The molecule has 1 amide bonds. The van der Waals surface area contributed by atoms with Crippen LogP contribution in [0.4, 0.5) is 4.79 Å². The standard InChI is InChI=1S/C7H15NO2S4/c9-7(8-3-1-5(11)12)10-4-2-6(13)14/h5-6,11-14H,1-4H2,(H,8,9). The van der Waals surface area contributed by atoms with Crippen LogP contribution < -0.4 is 5.32 Å². The second kappa shape index (κ2) is 8.94. The summed E-state index contributed by atoms with van der Waals surface area (Å²) in [6, 6.07) is 0. The molecule has 0 rings (SSSR count). The van der Waals surface area contributed by atoms with E-state index in [-0.39, 0.29) is 9.16 Å². The minimum atomic E-state index is -0.422. The van der Waals surface area contributed by atoms with Gasteiger partial charge in [-0.25, -0.2) is 4.79 Å². The quantitative estimate of drug-likeness (QED) is 0.379. The van der Waals surface area contributed by atoms with E-state index >= 15 is 0 Å². The van der Waals surface area contributed by atoms with Crippen molar-refractivity contribution >= 4 is 56.6 Å². The Morgan fingerprint density at radius 3 is 2.21 bits per heavy atom. The smallest absolute Gasteiger partial charge is 0.407 e. The summed E-state index contributed by atoms with van der Waals surface area (Å²) in [6.45, 7) is 0.844. The molecule has 0 spiro atoms. The van der Waals surface area contributed by atoms with Crippen LogP contribution in [0.5, 0.6) is 0 Å². The largest absolute Gasteiger partial charge is 0.449 e. The molecule has 0 bridgehead atoms. The summed E-state index contributed by atoms with van der Waals surface area (Å²) in [5.41, 5.74) is 0. The summed E-state index contributed by atoms with van der Waals surface area (Å²) < 4.78 is 4.76. The number of rotatable bonds is 6. The molecule has 0 aromatic rings. The van der Waals surface area contributed by atoms with Crippen molar-refractivity contribution in [3.05, 3.63) is 0 Å². The maximum atomic E-state index is 11.0. The molecular weight excluding hydrogens is 258 g/mol. The van der Waals surface area contributed by atoms with Gasteiger partial charge in [-0.3, -0.25) is 0 Å². The lowest BCUT2D eigenvalue weighted by molar-refractivity contribution is 0.146. The molecule has 14 heavy (non-hydrogen) atoms. The molecule has 84 valence electrons. The number of ether oxygens (including phenoxy) is 1. The SMILES string of the molecule is O=C(NCCC(S)S)OCCC(S)S. The summed E-state index contributed by atoms with van der Waals surface area (Å²) in [6.07, 6.45) is 0.902. The first kappa shape index (κ1) is 14.7. The van der Waals surface area contributed by atoms with Gasteiger partial charge in [-0.05, 0) is 6.42 Å². The third kappa shape index (κ3) is 10.7. The summed E-state index contributed by atoms with van der Waals surface area (Å²) in [5, 5.41) is 2.58. The fraction of sp³-hybridized carbons (Fsp3) is 0.857. The van der Waals surface area contributed by atoms with Gasteiger partial charge in [0.1, 0.15) is 0 Å². The average Bonchev–Trinajstić information content (AvgIpc) is 2.02. The van der Waals surface area contributed by atoms with Crippen molar-refractivity contribution in [3.8, 4) is 0 Å². The van der Waals surface area contributed by atoms with Gasteiger partial charge in [0.2, 0.25) is 0 Å². The third-order valence-corrected chi connectivity index (χ3v) is 2.31. The molecular formula is C7H15NO2S4. The molecule has 0 heterocycles. The first-order valence-corrected chi connectivity index (χ1v) is 6.22. The van der Waals surface area contributed by atoms with Crippen molar-refractivity contribution in [1.29, 1.82) is 0 Å². The van der Waals surface area contributed by atoms with Crippen LogP contribution in [0.1, 0.15) is 12.8 Å². The summed E-state index contributed by atoms with van der Waals surface area (Å²) in [5.74, 6) is 0. The van der Waals surface area contributed by atoms with Gasteiger partial charge in [0, 0.05) is 22.1 Å². The molecule has 0 radical (unpaired) electrons. The lowest BCUT2D eigenvalue weighted by Gasteiger charge is -2.08. The van der Waals surface area contributed by atoms with E-state index in [0.29, 0.717) is 26.0 Å². The maximum absolute atomic E-state index is 11.0. The summed E-state index contributed by atoms with van der Waals surface area (Å²) >= 11 is 16.2. The van der Waals surface area contributed by atoms with E-state index in [2.05, 4.69) is 55.8 Å². The van der Waals surface area contributed by atoms with Gasteiger partial charge < -0.3 is 10.1 Å². The van der Waals surface area contributed by atoms with Crippen molar-refractivity contribution in [2.75, 3.05) is 13.2 Å². The number of hydrogen-bond acceptors (Lipinski definition) is 6. The first-order chi connectivity index (χ1) is 6.52. The zero-order chi connectivity index (χ0) is 11.0. The lowest BCUT2D eigenvalue weighted by Crippen LogP contribution is -2.26. The van der Waals surface area contributed by atoms with Gasteiger partial charge in [-0.15, -0.1) is 0 Å². The number of amides is 1. The van der Waals surface area contributed by atoms with Gasteiger partial charge in [0.15, 0.2) is 0 Å². The van der Waals surface area contributed by atoms with Crippen LogP contribution in [0.15, 0.2) is 0 Å². The molecule has 3 nitrogen and oxygen atoms in total. The second-order valence-electron chi connectivity index (χ2n) is 2.60. The van der Waals surface area contributed by atoms with Crippen molar-refractivity contribution in [3.63, 3.8) is 0 Å². The Morgan fingerprint density at radius 1 is 1.14 bits per heavy atom. The van der Waals surface area contributed by atoms with E-state index in [1.807, 2.05) is 0 Å². The highest BCUT2D eigenvalue weighted by atomic mass is 32.2. The van der Waals surface area contributed by atoms with Crippen LogP contribution in [0, 0.1) is 0 Å². The number of alkyl carbamates (subject to hydrolysis) is 1. The van der Waals surface area contributed by atoms with Crippen LogP contribution in [-0.4, -0.2) is 28.4 Å². The van der Waals surface area contributed by atoms with Gasteiger partial charge >= 0.3 is 6.09 Å². The van der Waals surface area contributed by atoms with Crippen LogP contribution in [0.2, 0.25) is 0 Å². The zero-order valence-electron chi connectivity index (χ0n) is 7.59. The fourth-order valence-corrected chi connectivity index (χ4v) is 1.08. The Bertz CT molecular complexity index is 150. The van der Waals surface area contributed by atoms with E-state index in [9.17, 15) is 4.79 Å². The van der Waals surface area contributed by atoms with E-state index in [0.717, 1.165) is 0 Å². The van der Waals surface area contributed by atoms with Gasteiger partial charge in [0.25, 0.3) is 0 Å². The lowest BCUT2D eigenvalue weighted by atomic mass is 10.5. The second-order valence-corrected chi connectivity index (χ2v) is 5.91. The fourth-order valence-electron chi connectivity index (χ4n) is 0.611. The predicted molar refractivity (Wildman–Crippen MR) is 72.1 cm³/mol. The van der Waals surface area contributed by atoms with Gasteiger partial charge in [0.05, 0.1) is 6.61 Å². The molecule has 0 atom stereocenters. The first-order valence-electron chi connectivity index (χ1n) is 4.15. The third-order valence-electron chi connectivity index (χ3n) is 1.28. The van der Waals surface area contributed by atoms with Crippen LogP contribution in [-0.2, 0) is 4.74 Å². The Hall–Kier alpha value is 0.670. The highest BCUT2D eigenvalue weighted by Crippen LogP contribution is 2.05. The normalized spacial score (nSPS) is 10.7. The molecule has 0 saturated carbocycles. The summed E-state index contributed by atoms with van der Waals surface area (Å²) in [4.78, 5) is 11.0. The van der Waals surface area contributed by atoms with Crippen LogP contribution in [0.3, 0.4) is 0 Å². The number of nitrogens with one attached hydrogen (secondary N) is 1. The molecule has 0 aliphatic rings. The average molecular weight is 273 g/mol. The predicted octanol–water partition coefficient (Wildman–Crippen LogP) is 1.86. The van der Waals surface area contributed by atoms with Crippen LogP contribution >= 0.6 is 50.5 Å². The van der Waals surface area contributed by atoms with E-state index < -0.39 is 6.09 Å². The molecule has 7 heteroatoms. The van der Waals surface area contributed by atoms with Gasteiger partial charge in [-0.2, -0.15) is 50.5 Å². The minimum Gasteiger partial charge on any atom is -0.449 e. The van der Waals surface area contributed by atoms with Crippen molar-refractivity contribution in [2.24, 2.45) is 0 Å². The molecule has 0 aromatic carbocycles. The molecule has 0 aliphatic heterocycles. The Balaban J connectivity index is 3.28. The molecule has 0 aromatic heterocycles. The minimum absolute atomic E-state index is 0.0189. The van der Waals surface area contributed by atoms with Crippen molar-refractivity contribution < 1.29 is 9.53 Å². The maximum Gasteiger partial charge on any atom is 0.407 e. The molecule has 1 N–H and O–H groups in total. The van der Waals surface area contributed by atoms with Crippen LogP contribution in [0.25, 0.3) is 0 Å². The van der Waals surface area contributed by atoms with Gasteiger partial charge in [-0.1, -0.05) is 0 Å². The Kier molecular flexibility index (Phi) is 9.36. The molecule has 0 aliphatic carbocycles. The zero-order valence-corrected chi connectivity index (χ0v) is 11.2. The molecule has 0 fully saturated rings. The highest BCUT2D eigenvalue weighted by Gasteiger charge is 2.03. The van der Waals surface area contributed by atoms with E-state index in [1.54, 1.807) is 0 Å². The number of thiol groups is 4. The highest BCUT2D eigenvalue weighted by molar-refractivity contribution is 7.99. The Labute approximate surface area is 106 Å². The monoisotopic (exact) mass is 273 g/mol. The van der Waals surface area contributed by atoms with Crippen molar-refractivity contribution in [1.82, 2.24) is 5.32 Å². The number of hydrogen-bond donors (Lipinski definition) is 5. The molecule has 0 saturated heterocycles. The number of carbonyl (C=O) groups excluding carboxylic acids is 1. The van der Waals surface area contributed by atoms with E-state index in [4.69, 9.17) is 4.74 Å². The topological polar surface area (TPSA) is 38.3 Å². The van der Waals surface area contributed by atoms with E-state index in [1.165, 1.54) is 0 Å².